The van der Waals surface area contributed by atoms with Crippen molar-refractivity contribution < 1.29 is 9.90 Å². The molecule has 0 fully saturated rings. The number of nitrogens with one attached hydrogen (secondary N) is 1. The molecule has 2 rings (SSSR count). The van der Waals surface area contributed by atoms with Gasteiger partial charge < -0.3 is 10.4 Å². The minimum absolute atomic E-state index is 0.248. The molecule has 2 aromatic rings. The van der Waals surface area contributed by atoms with Gasteiger partial charge in [-0.05, 0) is 52.0 Å². The molecule has 0 atom stereocenters. The highest BCUT2D eigenvalue weighted by molar-refractivity contribution is 5.94. The first-order valence-electron chi connectivity index (χ1n) is 8.34. The van der Waals surface area contributed by atoms with Gasteiger partial charge in [-0.15, -0.1) is 0 Å². The van der Waals surface area contributed by atoms with Crippen molar-refractivity contribution in [3.05, 3.63) is 63.3 Å². The lowest BCUT2D eigenvalue weighted by Gasteiger charge is -2.11. The molecule has 1 heterocycles. The molecule has 1 aromatic carbocycles. The zero-order valence-corrected chi connectivity index (χ0v) is 15.5. The van der Waals surface area contributed by atoms with E-state index in [0.29, 0.717) is 29.9 Å². The molecule has 0 radical (unpaired) electrons. The zero-order valence-electron chi connectivity index (χ0n) is 15.5. The Bertz CT molecular complexity index is 928. The number of aryl methyl sites for hydroxylation is 2. The first kappa shape index (κ1) is 19.4. The molecule has 0 saturated heterocycles. The van der Waals surface area contributed by atoms with Gasteiger partial charge in [-0.25, -0.2) is 4.79 Å². The molecule has 6 nitrogen and oxygen atoms in total. The molecule has 2 N–H and O–H groups in total. The smallest absolute Gasteiger partial charge is 0.348 e. The van der Waals surface area contributed by atoms with Crippen molar-refractivity contribution in [3.63, 3.8) is 0 Å². The third kappa shape index (κ3) is 5.57. The predicted molar refractivity (Wildman–Crippen MR) is 99.9 cm³/mol. The SMILES string of the molecule is Cc1cc(C)n(CCNC(=O)c2cccc(C#CC(C)(C)O)c2)c(=O)n1. The van der Waals surface area contributed by atoms with Crippen LogP contribution in [0, 0.1) is 25.7 Å². The summed E-state index contributed by atoms with van der Waals surface area (Å²) in [6, 6.07) is 8.70. The monoisotopic (exact) mass is 353 g/mol. The average Bonchev–Trinajstić information content (AvgIpc) is 2.55. The van der Waals surface area contributed by atoms with Crippen molar-refractivity contribution in [2.24, 2.45) is 0 Å². The fourth-order valence-electron chi connectivity index (χ4n) is 2.39. The second-order valence-electron chi connectivity index (χ2n) is 6.62. The Kier molecular flexibility index (Phi) is 5.96. The van der Waals surface area contributed by atoms with Crippen LogP contribution in [0.2, 0.25) is 0 Å². The molecule has 6 heteroatoms. The summed E-state index contributed by atoms with van der Waals surface area (Å²) in [5, 5.41) is 12.4. The number of carbonyl (C=O) groups is 1. The first-order valence-corrected chi connectivity index (χ1v) is 8.34. The van der Waals surface area contributed by atoms with Crippen LogP contribution in [-0.4, -0.2) is 32.7 Å². The van der Waals surface area contributed by atoms with Crippen molar-refractivity contribution in [1.29, 1.82) is 0 Å². The van der Waals surface area contributed by atoms with Gasteiger partial charge in [-0.1, -0.05) is 17.9 Å². The van der Waals surface area contributed by atoms with Crippen molar-refractivity contribution in [3.8, 4) is 11.8 Å². The second-order valence-corrected chi connectivity index (χ2v) is 6.62. The number of benzene rings is 1. The van der Waals surface area contributed by atoms with Crippen LogP contribution in [0.4, 0.5) is 0 Å². The van der Waals surface area contributed by atoms with Gasteiger partial charge in [0.25, 0.3) is 5.91 Å². The molecule has 1 aromatic heterocycles. The molecule has 0 saturated carbocycles. The minimum Gasteiger partial charge on any atom is -0.378 e. The molecule has 0 aliphatic rings. The van der Waals surface area contributed by atoms with Crippen molar-refractivity contribution >= 4 is 5.91 Å². The van der Waals surface area contributed by atoms with Crippen molar-refractivity contribution in [2.45, 2.75) is 39.8 Å². The molecule has 0 aliphatic carbocycles. The molecular formula is C20H23N3O3. The Morgan fingerprint density at radius 1 is 1.31 bits per heavy atom. The van der Waals surface area contributed by atoms with Crippen LogP contribution in [0.1, 0.15) is 41.2 Å². The Labute approximate surface area is 152 Å². The summed E-state index contributed by atoms with van der Waals surface area (Å²) in [6.07, 6.45) is 0. The minimum atomic E-state index is -1.09. The molecule has 0 aliphatic heterocycles. The van der Waals surface area contributed by atoms with E-state index in [0.717, 1.165) is 5.69 Å². The fourth-order valence-corrected chi connectivity index (χ4v) is 2.39. The van der Waals surface area contributed by atoms with E-state index in [1.807, 2.05) is 13.0 Å². The average molecular weight is 353 g/mol. The van der Waals surface area contributed by atoms with Gasteiger partial charge in [-0.3, -0.25) is 9.36 Å². The lowest BCUT2D eigenvalue weighted by atomic mass is 10.1. The van der Waals surface area contributed by atoms with E-state index in [4.69, 9.17) is 0 Å². The number of rotatable bonds is 4. The van der Waals surface area contributed by atoms with Crippen LogP contribution in [0.15, 0.2) is 35.1 Å². The molecule has 0 bridgehead atoms. The molecule has 0 spiro atoms. The summed E-state index contributed by atoms with van der Waals surface area (Å²) in [7, 11) is 0. The Morgan fingerprint density at radius 3 is 2.69 bits per heavy atom. The molecule has 0 unspecified atom stereocenters. The lowest BCUT2D eigenvalue weighted by Crippen LogP contribution is -2.33. The maximum Gasteiger partial charge on any atom is 0.348 e. The van der Waals surface area contributed by atoms with Gasteiger partial charge in [-0.2, -0.15) is 4.98 Å². The highest BCUT2D eigenvalue weighted by Crippen LogP contribution is 2.06. The number of hydrogen-bond donors (Lipinski definition) is 2. The Hall–Kier alpha value is -2.91. The molecular weight excluding hydrogens is 330 g/mol. The Balaban J connectivity index is 2.03. The largest absolute Gasteiger partial charge is 0.378 e. The fraction of sp³-hybridized carbons (Fsp3) is 0.350. The maximum atomic E-state index is 12.3. The van der Waals surface area contributed by atoms with Crippen LogP contribution < -0.4 is 11.0 Å². The number of aromatic nitrogens is 2. The number of amides is 1. The standard InChI is InChI=1S/C20H23N3O3/c1-14-12-15(2)23(19(25)22-14)11-10-21-18(24)17-7-5-6-16(13-17)8-9-20(3,4)26/h5-7,12-13,26H,10-11H2,1-4H3,(H,21,24). The molecule has 136 valence electrons. The summed E-state index contributed by atoms with van der Waals surface area (Å²) in [5.74, 6) is 5.32. The third-order valence-electron chi connectivity index (χ3n) is 3.60. The van der Waals surface area contributed by atoms with Crippen LogP contribution in [0.25, 0.3) is 0 Å². The van der Waals surface area contributed by atoms with E-state index in [-0.39, 0.29) is 11.6 Å². The lowest BCUT2D eigenvalue weighted by molar-refractivity contribution is 0.0952. The van der Waals surface area contributed by atoms with E-state index in [1.165, 1.54) is 4.57 Å². The highest BCUT2D eigenvalue weighted by Gasteiger charge is 2.08. The predicted octanol–water partition coefficient (Wildman–Crippen LogP) is 1.41. The summed E-state index contributed by atoms with van der Waals surface area (Å²) in [5.41, 5.74) is 1.19. The topological polar surface area (TPSA) is 84.2 Å². The van der Waals surface area contributed by atoms with E-state index in [9.17, 15) is 14.7 Å². The summed E-state index contributed by atoms with van der Waals surface area (Å²) in [6.45, 7) is 7.46. The van der Waals surface area contributed by atoms with E-state index in [2.05, 4.69) is 22.1 Å². The molecule has 26 heavy (non-hydrogen) atoms. The first-order chi connectivity index (χ1) is 12.2. The van der Waals surface area contributed by atoms with Gasteiger partial charge in [0.2, 0.25) is 0 Å². The van der Waals surface area contributed by atoms with Gasteiger partial charge in [0.1, 0.15) is 5.60 Å². The van der Waals surface area contributed by atoms with E-state index >= 15 is 0 Å². The summed E-state index contributed by atoms with van der Waals surface area (Å²) in [4.78, 5) is 28.1. The number of hydrogen-bond acceptors (Lipinski definition) is 4. The van der Waals surface area contributed by atoms with E-state index in [1.54, 1.807) is 45.0 Å². The number of aliphatic hydroxyl groups is 1. The summed E-state index contributed by atoms with van der Waals surface area (Å²) >= 11 is 0. The second kappa shape index (κ2) is 7.98. The van der Waals surface area contributed by atoms with Crippen LogP contribution in [0.5, 0.6) is 0 Å². The van der Waals surface area contributed by atoms with Crippen molar-refractivity contribution in [2.75, 3.05) is 6.54 Å². The van der Waals surface area contributed by atoms with Crippen LogP contribution in [0.3, 0.4) is 0 Å². The highest BCUT2D eigenvalue weighted by atomic mass is 16.3. The van der Waals surface area contributed by atoms with Crippen LogP contribution in [-0.2, 0) is 6.54 Å². The van der Waals surface area contributed by atoms with Gasteiger partial charge in [0.05, 0.1) is 0 Å². The van der Waals surface area contributed by atoms with Gasteiger partial charge >= 0.3 is 5.69 Å². The van der Waals surface area contributed by atoms with E-state index < -0.39 is 5.60 Å². The zero-order chi connectivity index (χ0) is 19.3. The van der Waals surface area contributed by atoms with Gasteiger partial charge in [0.15, 0.2) is 0 Å². The third-order valence-corrected chi connectivity index (χ3v) is 3.60. The number of carbonyl (C=O) groups excluding carboxylic acids is 1. The quantitative estimate of drug-likeness (QED) is 0.814. The van der Waals surface area contributed by atoms with Crippen LogP contribution >= 0.6 is 0 Å². The molecule has 1 amide bonds. The summed E-state index contributed by atoms with van der Waals surface area (Å²) < 4.78 is 1.53. The maximum absolute atomic E-state index is 12.3. The van der Waals surface area contributed by atoms with Crippen molar-refractivity contribution in [1.82, 2.24) is 14.9 Å². The van der Waals surface area contributed by atoms with Gasteiger partial charge in [0, 0.05) is 35.6 Å². The Morgan fingerprint density at radius 2 is 2.04 bits per heavy atom. The normalized spacial score (nSPS) is 10.8. The number of nitrogens with zero attached hydrogens (tertiary/aromatic N) is 2.